The molecule has 0 spiro atoms. The molecule has 0 saturated carbocycles. The number of H-pyrrole nitrogens is 5. The number of hydrogen-bond donors (Lipinski definition) is 6. The minimum atomic E-state index is -0.0866. The van der Waals surface area contributed by atoms with Gasteiger partial charge < -0.3 is 44.6 Å². The largest absolute Gasteiger partial charge is 0.395 e. The van der Waals surface area contributed by atoms with Crippen LogP contribution in [0.5, 0.6) is 0 Å². The van der Waals surface area contributed by atoms with Gasteiger partial charge in [-0.1, -0.05) is 137 Å². The molecular formula is C92H106Cl5N13O7. The van der Waals surface area contributed by atoms with E-state index in [1.165, 1.54) is 47.2 Å². The predicted octanol–water partition coefficient (Wildman–Crippen LogP) is 14.9. The van der Waals surface area contributed by atoms with E-state index in [2.05, 4.69) is 132 Å². The number of nitrogens with zero attached hydrogens (tertiary/aromatic N) is 8. The SMILES string of the molecule is Cc1[nH]c(=O)c2cc(Cl)ccc2c1CN1CCC(Cc2ccccc2)CC1.Cc1[nH]c(=O)c2cc(Cl)ccc2c1CN1CCN(C)CC1.Cc1[nH]c(=O)c2cc(Cl)ccc2c1CN1CCN(CCO)CC1.Cc1[nH]c(=O)c2cc(Cl)ccc2c1CN1CCN(c2ccccc2)CC1.Cc1[nH]c(=O)c2cc(Cl)ccc2c1CN1CCOCC1. The van der Waals surface area contributed by atoms with Crippen LogP contribution in [-0.2, 0) is 43.9 Å². The van der Waals surface area contributed by atoms with E-state index in [-0.39, 0.29) is 34.4 Å². The maximum Gasteiger partial charge on any atom is 0.256 e. The Balaban J connectivity index is 0.000000128. The minimum absolute atomic E-state index is 0.0599. The smallest absolute Gasteiger partial charge is 0.256 e. The maximum atomic E-state index is 12.3. The number of morpholine rings is 1. The van der Waals surface area contributed by atoms with Crippen molar-refractivity contribution in [1.82, 2.24) is 59.2 Å². The van der Waals surface area contributed by atoms with E-state index in [1.807, 2.05) is 95.3 Å². The van der Waals surface area contributed by atoms with Crippen LogP contribution in [0.1, 0.15) is 74.7 Å². The first-order valence-electron chi connectivity index (χ1n) is 40.6. The van der Waals surface area contributed by atoms with Gasteiger partial charge in [-0.05, 0) is 213 Å². The Bertz CT molecular complexity index is 5750. The lowest BCUT2D eigenvalue weighted by molar-refractivity contribution is 0.0342. The number of likely N-dealkylation sites (N-methyl/N-ethyl adjacent to an activating group) is 1. The third kappa shape index (κ3) is 22.3. The zero-order valence-corrected chi connectivity index (χ0v) is 71.5. The highest BCUT2D eigenvalue weighted by Gasteiger charge is 2.26. The van der Waals surface area contributed by atoms with E-state index >= 15 is 0 Å². The lowest BCUT2D eigenvalue weighted by atomic mass is 9.90. The second kappa shape index (κ2) is 40.5. The number of likely N-dealkylation sites (tertiary alicyclic amines) is 1. The number of aromatic amines is 5. The van der Waals surface area contributed by atoms with Crippen LogP contribution in [0.4, 0.5) is 5.69 Å². The standard InChI is InChI=1S/C23H25ClN2O.C21H22ClN3O.C17H22ClN3O2.C16H20ClN3O.C15H17ClN2O2/c1-16-22(20-8-7-19(24)14-21(20)23(27)25-16)15-26-11-9-18(10-12-26)13-17-5-3-2-4-6-17;1-15-20(18-8-7-16(22)13-19(18)21(26)23-15)14-24-9-11-25(12-10-24)17-5-3-2-4-6-17;1-12-16(11-21-6-4-20(5-7-21)8-9-22)14-3-2-13(18)10-15(14)17(23)19-12;1-11-15(10-20-7-5-19(2)6-8-20)13-4-3-12(17)9-14(13)16(21)18-11;1-10-14(9-18-4-6-20-7-5-18)12-3-2-11(16)8-13(12)15(19)17-10/h2-8,14,18H,9-13,15H2,1H3,(H,25,27);2-8,13H,9-12,14H2,1H3,(H,23,26);2-3,10,22H,4-9,11H2,1H3,(H,19,23);3-4,9H,5-8,10H2,1-2H3,(H,18,21);2-3,8H,4-7,9H2,1H3,(H,17,19). The molecule has 0 amide bonds. The van der Waals surface area contributed by atoms with Gasteiger partial charge in [0.25, 0.3) is 27.8 Å². The third-order valence-electron chi connectivity index (χ3n) is 23.6. The zero-order chi connectivity index (χ0) is 82.4. The molecule has 0 atom stereocenters. The molecule has 20 nitrogen and oxygen atoms in total. The molecule has 17 rings (SSSR count). The van der Waals surface area contributed by atoms with Gasteiger partial charge in [0.15, 0.2) is 0 Å². The van der Waals surface area contributed by atoms with Crippen LogP contribution in [0, 0.1) is 40.5 Å². The van der Waals surface area contributed by atoms with Crippen molar-refractivity contribution >= 4 is 118 Å². The van der Waals surface area contributed by atoms with E-state index in [1.54, 1.807) is 30.3 Å². The molecular weight excluding hydrogens is 1580 g/mol. The molecule has 5 aliphatic rings. The van der Waals surface area contributed by atoms with Gasteiger partial charge in [0, 0.05) is 217 Å². The Morgan fingerprint density at radius 1 is 0.342 bits per heavy atom. The van der Waals surface area contributed by atoms with E-state index in [0.29, 0.717) is 52.0 Å². The molecule has 5 aliphatic heterocycles. The summed E-state index contributed by atoms with van der Waals surface area (Å²) in [5.41, 5.74) is 13.0. The van der Waals surface area contributed by atoms with Crippen LogP contribution in [0.3, 0.4) is 0 Å². The highest BCUT2D eigenvalue weighted by atomic mass is 35.5. The highest BCUT2D eigenvalue weighted by molar-refractivity contribution is 6.33. The van der Waals surface area contributed by atoms with Crippen molar-refractivity contribution in [3.05, 3.63) is 290 Å². The lowest BCUT2D eigenvalue weighted by Crippen LogP contribution is -2.46. The number of aryl methyl sites for hydroxylation is 5. The van der Waals surface area contributed by atoms with Crippen LogP contribution in [-0.4, -0.2) is 202 Å². The Hall–Kier alpha value is -8.52. The van der Waals surface area contributed by atoms with Crippen LogP contribution in [0.2, 0.25) is 25.1 Å². The molecule has 25 heteroatoms. The van der Waals surface area contributed by atoms with Crippen molar-refractivity contribution in [3.8, 4) is 0 Å². The van der Waals surface area contributed by atoms with E-state index in [9.17, 15) is 24.0 Å². The number of piperidine rings is 1. The maximum absolute atomic E-state index is 12.3. The van der Waals surface area contributed by atoms with Crippen LogP contribution < -0.4 is 32.7 Å². The second-order valence-corrected chi connectivity index (χ2v) is 33.7. The number of piperazine rings is 3. The van der Waals surface area contributed by atoms with E-state index < -0.39 is 0 Å². The Kier molecular flexibility index (Phi) is 29.9. The number of β-amino-alcohol motifs (C(OH)–C–C–N with tert-alkyl or cyclic N) is 1. The highest BCUT2D eigenvalue weighted by Crippen LogP contribution is 2.31. The van der Waals surface area contributed by atoms with Crippen LogP contribution in [0.15, 0.2) is 176 Å². The fourth-order valence-electron chi connectivity index (χ4n) is 16.7. The molecule has 5 saturated heterocycles. The monoisotopic (exact) mass is 1680 g/mol. The Labute approximate surface area is 707 Å². The molecule has 5 fully saturated rings. The van der Waals surface area contributed by atoms with Gasteiger partial charge in [0.2, 0.25) is 0 Å². The topological polar surface area (TPSA) is 220 Å². The number of para-hydroxylation sites is 1. The van der Waals surface area contributed by atoms with E-state index in [0.717, 1.165) is 230 Å². The number of aliphatic hydroxyl groups is 1. The summed E-state index contributed by atoms with van der Waals surface area (Å²) >= 11 is 30.2. The molecule has 12 aromatic rings. The Morgan fingerprint density at radius 2 is 0.624 bits per heavy atom. The van der Waals surface area contributed by atoms with Crippen molar-refractivity contribution in [2.45, 2.75) is 86.6 Å². The molecule has 117 heavy (non-hydrogen) atoms. The van der Waals surface area contributed by atoms with E-state index in [4.69, 9.17) is 67.8 Å². The number of halogens is 5. The van der Waals surface area contributed by atoms with Gasteiger partial charge in [-0.25, -0.2) is 0 Å². The average Bonchev–Trinajstić information content (AvgIpc) is 0.804. The summed E-state index contributed by atoms with van der Waals surface area (Å²) in [6, 6.07) is 49.2. The summed E-state index contributed by atoms with van der Waals surface area (Å²) < 4.78 is 5.37. The number of benzene rings is 7. The zero-order valence-electron chi connectivity index (χ0n) is 67.7. The number of rotatable bonds is 15. The number of nitrogens with one attached hydrogen (secondary N) is 5. The molecule has 0 radical (unpaired) electrons. The number of anilines is 1. The predicted molar refractivity (Wildman–Crippen MR) is 481 cm³/mol. The number of aliphatic hydroxyl groups excluding tert-OH is 1. The van der Waals surface area contributed by atoms with Gasteiger partial charge in [0.05, 0.1) is 19.8 Å². The van der Waals surface area contributed by atoms with Crippen molar-refractivity contribution in [3.63, 3.8) is 0 Å². The molecule has 10 heterocycles. The minimum Gasteiger partial charge on any atom is -0.395 e. The van der Waals surface area contributed by atoms with Gasteiger partial charge >= 0.3 is 0 Å². The normalized spacial score (nSPS) is 16.5. The van der Waals surface area contributed by atoms with Gasteiger partial charge in [0.1, 0.15) is 0 Å². The van der Waals surface area contributed by atoms with Crippen molar-refractivity contribution in [2.24, 2.45) is 5.92 Å². The number of hydrogen-bond acceptors (Lipinski definition) is 15. The number of pyridine rings is 5. The lowest BCUT2D eigenvalue weighted by Gasteiger charge is -2.36. The van der Waals surface area contributed by atoms with Gasteiger partial charge in [-0.15, -0.1) is 0 Å². The first-order chi connectivity index (χ1) is 56.5. The fourth-order valence-corrected chi connectivity index (χ4v) is 17.6. The molecule has 0 bridgehead atoms. The van der Waals surface area contributed by atoms with Gasteiger partial charge in [-0.2, -0.15) is 0 Å². The molecule has 0 aliphatic carbocycles. The molecule has 7 aromatic carbocycles. The number of fused-ring (bicyclic) bond motifs is 5. The quantitative estimate of drug-likeness (QED) is 0.0562. The first kappa shape index (κ1) is 86.3. The van der Waals surface area contributed by atoms with Crippen molar-refractivity contribution in [2.75, 3.05) is 143 Å². The molecule has 6 N–H and O–H groups in total. The summed E-state index contributed by atoms with van der Waals surface area (Å²) in [4.78, 5) is 94.8. The summed E-state index contributed by atoms with van der Waals surface area (Å²) in [5, 5.41) is 20.3. The number of aromatic nitrogens is 5. The van der Waals surface area contributed by atoms with Crippen LogP contribution >= 0.6 is 58.0 Å². The third-order valence-corrected chi connectivity index (χ3v) is 24.8. The van der Waals surface area contributed by atoms with Crippen molar-refractivity contribution in [1.29, 1.82) is 0 Å². The fraction of sp³-hybridized carbons (Fsp3) is 0.380. The molecule has 0 unspecified atom stereocenters. The molecule has 5 aromatic heterocycles. The summed E-state index contributed by atoms with van der Waals surface area (Å²) in [6.45, 7) is 32.8. The summed E-state index contributed by atoms with van der Waals surface area (Å²) in [6.07, 6.45) is 3.62. The Morgan fingerprint density at radius 3 is 0.949 bits per heavy atom. The van der Waals surface area contributed by atoms with Gasteiger partial charge in [-0.3, -0.25) is 53.4 Å². The van der Waals surface area contributed by atoms with Crippen LogP contribution in [0.25, 0.3) is 53.9 Å². The number of ether oxygens (including phenoxy) is 1. The average molecular weight is 1680 g/mol. The summed E-state index contributed by atoms with van der Waals surface area (Å²) in [5.74, 6) is 0.760. The van der Waals surface area contributed by atoms with Crippen molar-refractivity contribution < 1.29 is 9.84 Å². The molecule has 616 valence electrons. The summed E-state index contributed by atoms with van der Waals surface area (Å²) in [7, 11) is 2.15. The second-order valence-electron chi connectivity index (χ2n) is 31.6. The first-order valence-corrected chi connectivity index (χ1v) is 42.5.